The molecule has 0 aliphatic carbocycles. The minimum atomic E-state index is -0.607. The summed E-state index contributed by atoms with van der Waals surface area (Å²) in [4.78, 5) is 23.6. The molecule has 0 aliphatic rings. The first-order valence-electron chi connectivity index (χ1n) is 7.91. The summed E-state index contributed by atoms with van der Waals surface area (Å²) >= 11 is 0. The fourth-order valence-electron chi connectivity index (χ4n) is 2.30. The molecular weight excluding hydrogens is 338 g/mol. The van der Waals surface area contributed by atoms with E-state index in [-0.39, 0.29) is 24.9 Å². The number of furan rings is 1. The predicted molar refractivity (Wildman–Crippen MR) is 90.0 cm³/mol. The maximum atomic E-state index is 11.8. The molecule has 0 bridgehead atoms. The third-order valence-electron chi connectivity index (χ3n) is 3.52. The van der Waals surface area contributed by atoms with Crippen LogP contribution in [0.3, 0.4) is 0 Å². The summed E-state index contributed by atoms with van der Waals surface area (Å²) in [6.45, 7) is 3.18. The molecular formula is C18H17N3O5. The summed E-state index contributed by atoms with van der Waals surface area (Å²) in [6.07, 6.45) is 0. The topological polar surface area (TPSA) is 107 Å². The number of ether oxygens (including phenoxy) is 1. The highest BCUT2D eigenvalue weighted by molar-refractivity contribution is 5.95. The van der Waals surface area contributed by atoms with Gasteiger partial charge in [0.05, 0.1) is 5.56 Å². The van der Waals surface area contributed by atoms with Gasteiger partial charge in [-0.2, -0.15) is 0 Å². The van der Waals surface area contributed by atoms with Crippen molar-refractivity contribution in [2.45, 2.75) is 20.5 Å². The number of esters is 1. The van der Waals surface area contributed by atoms with Gasteiger partial charge < -0.3 is 18.9 Å². The van der Waals surface area contributed by atoms with E-state index in [4.69, 9.17) is 13.6 Å². The molecule has 0 fully saturated rings. The van der Waals surface area contributed by atoms with Crippen molar-refractivity contribution >= 4 is 11.9 Å². The molecule has 1 N–H and O–H groups in total. The van der Waals surface area contributed by atoms with Crippen molar-refractivity contribution in [3.63, 3.8) is 0 Å². The van der Waals surface area contributed by atoms with E-state index in [9.17, 15) is 9.59 Å². The van der Waals surface area contributed by atoms with Crippen LogP contribution in [-0.2, 0) is 16.1 Å². The maximum Gasteiger partial charge on any atom is 0.325 e. The molecule has 26 heavy (non-hydrogen) atoms. The van der Waals surface area contributed by atoms with E-state index in [2.05, 4.69) is 15.5 Å². The summed E-state index contributed by atoms with van der Waals surface area (Å²) in [5.74, 6) is 0.887. The summed E-state index contributed by atoms with van der Waals surface area (Å²) in [5, 5.41) is 10.2. The monoisotopic (exact) mass is 355 g/mol. The molecule has 0 radical (unpaired) electrons. The molecule has 2 aromatic heterocycles. The van der Waals surface area contributed by atoms with Crippen LogP contribution in [0.5, 0.6) is 0 Å². The van der Waals surface area contributed by atoms with Crippen LogP contribution in [0.1, 0.15) is 27.8 Å². The average molecular weight is 355 g/mol. The van der Waals surface area contributed by atoms with Gasteiger partial charge in [0.25, 0.3) is 17.7 Å². The lowest BCUT2D eigenvalue weighted by Gasteiger charge is -2.04. The van der Waals surface area contributed by atoms with E-state index < -0.39 is 5.97 Å². The molecule has 3 rings (SSSR count). The number of benzene rings is 1. The molecule has 0 aliphatic heterocycles. The van der Waals surface area contributed by atoms with Crippen molar-refractivity contribution in [2.75, 3.05) is 6.54 Å². The SMILES string of the molecule is Cc1cc(-c2nnc(COC(=O)CNC(=O)c3ccccc3)o2)c(C)o1. The Balaban J connectivity index is 1.49. The van der Waals surface area contributed by atoms with Gasteiger partial charge in [-0.05, 0) is 32.0 Å². The van der Waals surface area contributed by atoms with E-state index in [1.54, 1.807) is 43.3 Å². The largest absolute Gasteiger partial charge is 0.466 e. The minimum Gasteiger partial charge on any atom is -0.466 e. The molecule has 3 aromatic rings. The molecule has 1 aromatic carbocycles. The lowest BCUT2D eigenvalue weighted by atomic mass is 10.2. The van der Waals surface area contributed by atoms with Crippen LogP contribution in [-0.4, -0.2) is 28.6 Å². The highest BCUT2D eigenvalue weighted by Gasteiger charge is 2.16. The standard InChI is InChI=1S/C18H17N3O5/c1-11-8-14(12(2)25-11)18-21-20-15(26-18)10-24-16(22)9-19-17(23)13-6-4-3-5-7-13/h3-8H,9-10H2,1-2H3,(H,19,23). The Labute approximate surface area is 149 Å². The summed E-state index contributed by atoms with van der Waals surface area (Å²) in [5.41, 5.74) is 1.16. The molecule has 2 heterocycles. The highest BCUT2D eigenvalue weighted by atomic mass is 16.5. The van der Waals surface area contributed by atoms with Gasteiger partial charge in [0.1, 0.15) is 18.1 Å². The Morgan fingerprint density at radius 3 is 2.58 bits per heavy atom. The number of aryl methyl sites for hydroxylation is 2. The molecule has 0 unspecified atom stereocenters. The van der Waals surface area contributed by atoms with Crippen molar-refractivity contribution in [1.82, 2.24) is 15.5 Å². The van der Waals surface area contributed by atoms with E-state index in [0.29, 0.717) is 22.8 Å². The summed E-state index contributed by atoms with van der Waals surface area (Å²) < 4.78 is 15.9. The van der Waals surface area contributed by atoms with E-state index in [0.717, 1.165) is 5.76 Å². The highest BCUT2D eigenvalue weighted by Crippen LogP contribution is 2.25. The Morgan fingerprint density at radius 1 is 1.12 bits per heavy atom. The Morgan fingerprint density at radius 2 is 1.88 bits per heavy atom. The van der Waals surface area contributed by atoms with E-state index >= 15 is 0 Å². The molecule has 0 saturated carbocycles. The second-order valence-corrected chi connectivity index (χ2v) is 5.54. The summed E-state index contributed by atoms with van der Waals surface area (Å²) in [7, 11) is 0. The van der Waals surface area contributed by atoms with Gasteiger partial charge in [-0.1, -0.05) is 18.2 Å². The van der Waals surface area contributed by atoms with Crippen molar-refractivity contribution in [2.24, 2.45) is 0 Å². The van der Waals surface area contributed by atoms with E-state index in [1.165, 1.54) is 0 Å². The first kappa shape index (κ1) is 17.4. The van der Waals surface area contributed by atoms with Gasteiger partial charge in [-0.25, -0.2) is 0 Å². The molecule has 1 amide bonds. The smallest absolute Gasteiger partial charge is 0.325 e. The Hall–Kier alpha value is -3.42. The van der Waals surface area contributed by atoms with Crippen LogP contribution in [0.15, 0.2) is 45.2 Å². The van der Waals surface area contributed by atoms with Gasteiger partial charge in [0.15, 0.2) is 6.61 Å². The zero-order valence-corrected chi connectivity index (χ0v) is 14.3. The van der Waals surface area contributed by atoms with Crippen molar-refractivity contribution < 1.29 is 23.2 Å². The zero-order chi connectivity index (χ0) is 18.5. The Bertz CT molecular complexity index is 914. The molecule has 0 spiro atoms. The van der Waals surface area contributed by atoms with Gasteiger partial charge in [0, 0.05) is 5.56 Å². The molecule has 0 atom stereocenters. The van der Waals surface area contributed by atoms with Crippen molar-refractivity contribution in [3.05, 3.63) is 59.4 Å². The van der Waals surface area contributed by atoms with Crippen LogP contribution in [0, 0.1) is 13.8 Å². The second-order valence-electron chi connectivity index (χ2n) is 5.54. The number of nitrogens with zero attached hydrogens (tertiary/aromatic N) is 2. The van der Waals surface area contributed by atoms with Crippen LogP contribution < -0.4 is 5.32 Å². The maximum absolute atomic E-state index is 11.8. The number of carbonyl (C=O) groups excluding carboxylic acids is 2. The lowest BCUT2D eigenvalue weighted by molar-refractivity contribution is -0.144. The fourth-order valence-corrected chi connectivity index (χ4v) is 2.30. The number of carbonyl (C=O) groups is 2. The third-order valence-corrected chi connectivity index (χ3v) is 3.52. The van der Waals surface area contributed by atoms with Gasteiger partial charge in [-0.3, -0.25) is 9.59 Å². The van der Waals surface area contributed by atoms with Crippen molar-refractivity contribution in [3.8, 4) is 11.5 Å². The van der Waals surface area contributed by atoms with Gasteiger partial charge in [-0.15, -0.1) is 10.2 Å². The number of nitrogens with one attached hydrogen (secondary N) is 1. The number of amides is 1. The average Bonchev–Trinajstić information content (AvgIpc) is 3.24. The molecule has 134 valence electrons. The normalized spacial score (nSPS) is 10.5. The van der Waals surface area contributed by atoms with Gasteiger partial charge in [0.2, 0.25) is 0 Å². The van der Waals surface area contributed by atoms with Gasteiger partial charge >= 0.3 is 5.97 Å². The predicted octanol–water partition coefficient (Wildman–Crippen LogP) is 2.42. The number of rotatable bonds is 6. The minimum absolute atomic E-state index is 0.154. The first-order valence-corrected chi connectivity index (χ1v) is 7.91. The quantitative estimate of drug-likeness (QED) is 0.677. The molecule has 8 heteroatoms. The van der Waals surface area contributed by atoms with E-state index in [1.807, 2.05) is 6.92 Å². The number of hydrogen-bond acceptors (Lipinski definition) is 7. The van der Waals surface area contributed by atoms with Crippen LogP contribution in [0.4, 0.5) is 0 Å². The second kappa shape index (κ2) is 7.64. The Kier molecular flexibility index (Phi) is 5.12. The molecule has 0 saturated heterocycles. The summed E-state index contributed by atoms with van der Waals surface area (Å²) in [6, 6.07) is 10.4. The van der Waals surface area contributed by atoms with Crippen LogP contribution in [0.25, 0.3) is 11.5 Å². The molecule has 8 nitrogen and oxygen atoms in total. The third kappa shape index (κ3) is 4.15. The number of hydrogen-bond donors (Lipinski definition) is 1. The zero-order valence-electron chi connectivity index (χ0n) is 14.3. The number of aromatic nitrogens is 2. The van der Waals surface area contributed by atoms with Crippen LogP contribution in [0.2, 0.25) is 0 Å². The van der Waals surface area contributed by atoms with Crippen molar-refractivity contribution in [1.29, 1.82) is 0 Å². The van der Waals surface area contributed by atoms with Crippen LogP contribution >= 0.6 is 0 Å². The lowest BCUT2D eigenvalue weighted by Crippen LogP contribution is -2.30. The fraction of sp³-hybridized carbons (Fsp3) is 0.222. The first-order chi connectivity index (χ1) is 12.5.